The summed E-state index contributed by atoms with van der Waals surface area (Å²) in [5.74, 6) is 0.208. The molecule has 1 N–H and O–H groups in total. The summed E-state index contributed by atoms with van der Waals surface area (Å²) >= 11 is 0. The maximum atomic E-state index is 9.67. The zero-order valence-corrected chi connectivity index (χ0v) is 9.38. The van der Waals surface area contributed by atoms with Crippen molar-refractivity contribution in [1.29, 1.82) is 0 Å². The third-order valence-corrected chi connectivity index (χ3v) is 2.44. The number of aromatic hydroxyl groups is 1. The van der Waals surface area contributed by atoms with E-state index in [-0.39, 0.29) is 5.75 Å². The fourth-order valence-electron chi connectivity index (χ4n) is 1.54. The van der Waals surface area contributed by atoms with Crippen molar-refractivity contribution >= 4 is 5.69 Å². The molecule has 0 amide bonds. The molecule has 1 aromatic carbocycles. The normalized spacial score (nSPS) is 10.1. The second-order valence-corrected chi connectivity index (χ2v) is 3.81. The van der Waals surface area contributed by atoms with E-state index in [1.165, 1.54) is 0 Å². The fraction of sp³-hybridized carbons (Fsp3) is 0.154. The molecule has 0 spiro atoms. The van der Waals surface area contributed by atoms with E-state index in [9.17, 15) is 5.11 Å². The highest BCUT2D eigenvalue weighted by Crippen LogP contribution is 2.27. The van der Waals surface area contributed by atoms with Gasteiger partial charge in [-0.25, -0.2) is 0 Å². The minimum atomic E-state index is 0.208. The first kappa shape index (κ1) is 10.5. The Morgan fingerprint density at radius 2 is 1.75 bits per heavy atom. The maximum Gasteiger partial charge on any atom is 0.141 e. The van der Waals surface area contributed by atoms with Gasteiger partial charge in [0, 0.05) is 31.5 Å². The van der Waals surface area contributed by atoms with Crippen LogP contribution in [0, 0.1) is 0 Å². The number of nitrogens with zero attached hydrogens (tertiary/aromatic N) is 2. The summed E-state index contributed by atoms with van der Waals surface area (Å²) in [4.78, 5) is 6.19. The minimum Gasteiger partial charge on any atom is -0.506 e. The van der Waals surface area contributed by atoms with Gasteiger partial charge in [0.25, 0.3) is 0 Å². The van der Waals surface area contributed by atoms with Crippen molar-refractivity contribution in [2.45, 2.75) is 0 Å². The van der Waals surface area contributed by atoms with Crippen molar-refractivity contribution in [2.75, 3.05) is 19.0 Å². The molecule has 82 valence electrons. The van der Waals surface area contributed by atoms with Crippen LogP contribution in [0.15, 0.2) is 42.6 Å². The number of anilines is 1. The summed E-state index contributed by atoms with van der Waals surface area (Å²) in [6, 6.07) is 11.3. The summed E-state index contributed by atoms with van der Waals surface area (Å²) < 4.78 is 0. The third kappa shape index (κ3) is 1.98. The maximum absolute atomic E-state index is 9.67. The van der Waals surface area contributed by atoms with E-state index in [1.807, 2.05) is 43.3 Å². The van der Waals surface area contributed by atoms with Gasteiger partial charge in [0.05, 0.1) is 0 Å². The number of rotatable bonds is 2. The quantitative estimate of drug-likeness (QED) is 0.834. The van der Waals surface area contributed by atoms with Gasteiger partial charge in [0.2, 0.25) is 0 Å². The van der Waals surface area contributed by atoms with Gasteiger partial charge in [-0.15, -0.1) is 0 Å². The SMILES string of the molecule is CN(C)c1ccc(-c2ncccc2O)cc1. The number of benzene rings is 1. The summed E-state index contributed by atoms with van der Waals surface area (Å²) in [5.41, 5.74) is 2.66. The molecule has 0 aliphatic heterocycles. The molecule has 16 heavy (non-hydrogen) atoms. The highest BCUT2D eigenvalue weighted by molar-refractivity contribution is 5.67. The Morgan fingerprint density at radius 1 is 1.06 bits per heavy atom. The lowest BCUT2D eigenvalue weighted by molar-refractivity contribution is 0.475. The summed E-state index contributed by atoms with van der Waals surface area (Å²) in [5, 5.41) is 9.67. The van der Waals surface area contributed by atoms with E-state index in [0.29, 0.717) is 5.69 Å². The topological polar surface area (TPSA) is 36.4 Å². The fourth-order valence-corrected chi connectivity index (χ4v) is 1.54. The number of pyridine rings is 1. The molecule has 0 bridgehead atoms. The summed E-state index contributed by atoms with van der Waals surface area (Å²) in [6.07, 6.45) is 1.68. The van der Waals surface area contributed by atoms with Crippen LogP contribution in [0.1, 0.15) is 0 Å². The number of hydrogen-bond donors (Lipinski definition) is 1. The molecule has 0 saturated carbocycles. The van der Waals surface area contributed by atoms with Gasteiger partial charge in [0.15, 0.2) is 0 Å². The number of aromatic nitrogens is 1. The lowest BCUT2D eigenvalue weighted by atomic mass is 10.1. The molecule has 2 aromatic rings. The van der Waals surface area contributed by atoms with Crippen LogP contribution in [0.3, 0.4) is 0 Å². The van der Waals surface area contributed by atoms with E-state index in [4.69, 9.17) is 0 Å². The largest absolute Gasteiger partial charge is 0.506 e. The van der Waals surface area contributed by atoms with Crippen molar-refractivity contribution in [3.63, 3.8) is 0 Å². The molecule has 0 fully saturated rings. The first-order chi connectivity index (χ1) is 7.68. The Labute approximate surface area is 95.0 Å². The standard InChI is InChI=1S/C13H14N2O/c1-15(2)11-7-5-10(6-8-11)13-12(16)4-3-9-14-13/h3-9,16H,1-2H3. The molecular weight excluding hydrogens is 200 g/mol. The molecule has 3 nitrogen and oxygen atoms in total. The summed E-state index contributed by atoms with van der Waals surface area (Å²) in [7, 11) is 3.99. The molecule has 0 saturated heterocycles. The molecule has 2 rings (SSSR count). The van der Waals surface area contributed by atoms with Crippen LogP contribution >= 0.6 is 0 Å². The van der Waals surface area contributed by atoms with E-state index < -0.39 is 0 Å². The van der Waals surface area contributed by atoms with Gasteiger partial charge in [-0.05, 0) is 24.3 Å². The second kappa shape index (κ2) is 4.23. The first-order valence-electron chi connectivity index (χ1n) is 5.10. The van der Waals surface area contributed by atoms with Crippen molar-refractivity contribution in [2.24, 2.45) is 0 Å². The van der Waals surface area contributed by atoms with E-state index in [0.717, 1.165) is 11.3 Å². The van der Waals surface area contributed by atoms with Crippen molar-refractivity contribution < 1.29 is 5.11 Å². The van der Waals surface area contributed by atoms with Crippen LogP contribution in [0.2, 0.25) is 0 Å². The molecule has 0 atom stereocenters. The first-order valence-corrected chi connectivity index (χ1v) is 5.10. The van der Waals surface area contributed by atoms with Crippen LogP contribution in [0.5, 0.6) is 5.75 Å². The highest BCUT2D eigenvalue weighted by Gasteiger charge is 2.04. The molecule has 1 heterocycles. The third-order valence-electron chi connectivity index (χ3n) is 2.44. The Balaban J connectivity index is 2.39. The van der Waals surface area contributed by atoms with Gasteiger partial charge >= 0.3 is 0 Å². The molecule has 0 aliphatic rings. The molecular formula is C13H14N2O. The molecule has 1 aromatic heterocycles. The van der Waals surface area contributed by atoms with Crippen LogP contribution in [-0.4, -0.2) is 24.2 Å². The van der Waals surface area contributed by atoms with Crippen LogP contribution in [-0.2, 0) is 0 Å². The summed E-state index contributed by atoms with van der Waals surface area (Å²) in [6.45, 7) is 0. The van der Waals surface area contributed by atoms with Crippen LogP contribution < -0.4 is 4.90 Å². The molecule has 0 unspecified atom stereocenters. The Hall–Kier alpha value is -2.03. The van der Waals surface area contributed by atoms with Gasteiger partial charge in [0.1, 0.15) is 11.4 Å². The zero-order valence-electron chi connectivity index (χ0n) is 9.38. The molecule has 0 radical (unpaired) electrons. The van der Waals surface area contributed by atoms with Crippen molar-refractivity contribution in [3.05, 3.63) is 42.6 Å². The predicted molar refractivity (Wildman–Crippen MR) is 65.7 cm³/mol. The molecule has 0 aliphatic carbocycles. The van der Waals surface area contributed by atoms with Crippen molar-refractivity contribution in [1.82, 2.24) is 4.98 Å². The highest BCUT2D eigenvalue weighted by atomic mass is 16.3. The number of hydrogen-bond acceptors (Lipinski definition) is 3. The predicted octanol–water partition coefficient (Wildman–Crippen LogP) is 2.52. The second-order valence-electron chi connectivity index (χ2n) is 3.81. The van der Waals surface area contributed by atoms with E-state index in [1.54, 1.807) is 18.3 Å². The smallest absolute Gasteiger partial charge is 0.141 e. The Morgan fingerprint density at radius 3 is 2.31 bits per heavy atom. The average Bonchev–Trinajstić information content (AvgIpc) is 2.30. The molecule has 3 heteroatoms. The van der Waals surface area contributed by atoms with E-state index in [2.05, 4.69) is 4.98 Å². The van der Waals surface area contributed by atoms with Crippen LogP contribution in [0.25, 0.3) is 11.3 Å². The van der Waals surface area contributed by atoms with Crippen LogP contribution in [0.4, 0.5) is 5.69 Å². The van der Waals surface area contributed by atoms with Gasteiger partial charge < -0.3 is 10.0 Å². The Kier molecular flexibility index (Phi) is 2.77. The minimum absolute atomic E-state index is 0.208. The monoisotopic (exact) mass is 214 g/mol. The average molecular weight is 214 g/mol. The lowest BCUT2D eigenvalue weighted by Gasteiger charge is -2.12. The van der Waals surface area contributed by atoms with Gasteiger partial charge in [-0.1, -0.05) is 12.1 Å². The van der Waals surface area contributed by atoms with Crippen molar-refractivity contribution in [3.8, 4) is 17.0 Å². The van der Waals surface area contributed by atoms with Gasteiger partial charge in [-0.3, -0.25) is 4.98 Å². The van der Waals surface area contributed by atoms with Gasteiger partial charge in [-0.2, -0.15) is 0 Å². The Bertz CT molecular complexity index is 478. The lowest BCUT2D eigenvalue weighted by Crippen LogP contribution is -2.07. The van der Waals surface area contributed by atoms with E-state index >= 15 is 0 Å². The zero-order chi connectivity index (χ0) is 11.5.